The summed E-state index contributed by atoms with van der Waals surface area (Å²) in [6.45, 7) is 4.79. The van der Waals surface area contributed by atoms with Crippen LogP contribution in [0.3, 0.4) is 0 Å². The van der Waals surface area contributed by atoms with Crippen LogP contribution in [-0.2, 0) is 11.3 Å². The van der Waals surface area contributed by atoms with Crippen LogP contribution < -0.4 is 10.6 Å². The van der Waals surface area contributed by atoms with Crippen LogP contribution in [0.25, 0.3) is 22.2 Å². The number of alkyl carbamates (subject to hydrolysis) is 1. The molecule has 2 amide bonds. The Balaban J connectivity index is 1.57. The molecule has 0 bridgehead atoms. The molecule has 210 valence electrons. The van der Waals surface area contributed by atoms with Crippen LogP contribution >= 0.6 is 0 Å². The molecule has 0 aliphatic carbocycles. The first kappa shape index (κ1) is 28.1. The molecule has 0 saturated carbocycles. The first-order valence-corrected chi connectivity index (χ1v) is 12.1. The normalized spacial score (nSPS) is 15.7. The van der Waals surface area contributed by atoms with Gasteiger partial charge in [-0.2, -0.15) is 13.2 Å². The Labute approximate surface area is 220 Å². The molecule has 13 heteroatoms. The lowest BCUT2D eigenvalue weighted by atomic mass is 10.0. The van der Waals surface area contributed by atoms with E-state index in [2.05, 4.69) is 10.3 Å². The number of piperidine rings is 1. The summed E-state index contributed by atoms with van der Waals surface area (Å²) in [4.78, 5) is 30.2. The fourth-order valence-electron chi connectivity index (χ4n) is 4.07. The number of carbonyl (C=O) groups excluding carboxylic acids is 2. The summed E-state index contributed by atoms with van der Waals surface area (Å²) < 4.78 is 77.3. The summed E-state index contributed by atoms with van der Waals surface area (Å²) in [6.07, 6.45) is -5.05. The minimum Gasteiger partial charge on any atom is -0.457 e. The van der Waals surface area contributed by atoms with Gasteiger partial charge in [-0.15, -0.1) is 0 Å². The lowest BCUT2D eigenvalue weighted by Crippen LogP contribution is -2.42. The van der Waals surface area contributed by atoms with Gasteiger partial charge in [-0.05, 0) is 51.1 Å². The van der Waals surface area contributed by atoms with Gasteiger partial charge >= 0.3 is 12.4 Å². The van der Waals surface area contributed by atoms with E-state index in [1.165, 1.54) is 40.7 Å². The number of carbonyl (C=O) groups is 2. The predicted molar refractivity (Wildman–Crippen MR) is 132 cm³/mol. The Morgan fingerprint density at radius 1 is 1.10 bits per heavy atom. The number of halogens is 5. The zero-order valence-corrected chi connectivity index (χ0v) is 21.4. The average Bonchev–Trinajstić information content (AvgIpc) is 3.24. The molecule has 8 nitrogen and oxygen atoms in total. The number of aromatic nitrogens is 1. The van der Waals surface area contributed by atoms with Gasteiger partial charge in [-0.1, -0.05) is 0 Å². The second-order valence-electron chi connectivity index (χ2n) is 10.2. The SMILES string of the molecule is CC(C)(C)OC(=O)NCc1cc2cc(-c3ccc(C(=O)N4CCC(F)(F)CC4)cn3)cc(NC(F)(F)F)c2o1. The predicted octanol–water partition coefficient (Wildman–Crippen LogP) is 6.32. The number of alkyl halides is 5. The molecule has 0 spiro atoms. The highest BCUT2D eigenvalue weighted by molar-refractivity contribution is 5.96. The molecule has 2 aromatic heterocycles. The van der Waals surface area contributed by atoms with Gasteiger partial charge in [-0.25, -0.2) is 13.6 Å². The topological polar surface area (TPSA) is 96.7 Å². The molecule has 1 fully saturated rings. The van der Waals surface area contributed by atoms with E-state index >= 15 is 0 Å². The van der Waals surface area contributed by atoms with E-state index < -0.39 is 42.7 Å². The Morgan fingerprint density at radius 2 is 1.79 bits per heavy atom. The van der Waals surface area contributed by atoms with E-state index in [0.29, 0.717) is 10.9 Å². The van der Waals surface area contributed by atoms with Crippen molar-refractivity contribution in [2.45, 2.75) is 58.0 Å². The molecular formula is C26H27F5N4O4. The van der Waals surface area contributed by atoms with E-state index in [4.69, 9.17) is 9.15 Å². The maximum Gasteiger partial charge on any atom is 0.482 e. The number of anilines is 1. The van der Waals surface area contributed by atoms with Gasteiger partial charge in [0, 0.05) is 43.1 Å². The van der Waals surface area contributed by atoms with E-state index in [1.807, 2.05) is 0 Å². The Hall–Kier alpha value is -3.90. The standard InChI is InChI=1S/C26H27F5N4O4/c1-24(2,3)39-23(37)33-14-18-11-17-10-16(12-20(21(17)38-18)34-26(29,30)31)19-5-4-15(13-32-19)22(36)35-8-6-25(27,28)7-9-35/h4-5,10-13,34H,6-9,14H2,1-3H3,(H,33,37). The van der Waals surface area contributed by atoms with Crippen molar-refractivity contribution in [3.05, 3.63) is 47.9 Å². The van der Waals surface area contributed by atoms with Crippen LogP contribution in [0.5, 0.6) is 0 Å². The van der Waals surface area contributed by atoms with E-state index in [9.17, 15) is 31.5 Å². The van der Waals surface area contributed by atoms with Crippen molar-refractivity contribution >= 4 is 28.7 Å². The molecule has 0 radical (unpaired) electrons. The second-order valence-corrected chi connectivity index (χ2v) is 10.2. The van der Waals surface area contributed by atoms with Crippen LogP contribution in [0.4, 0.5) is 32.4 Å². The zero-order chi connectivity index (χ0) is 28.6. The van der Waals surface area contributed by atoms with Crippen LogP contribution in [0.15, 0.2) is 40.9 Å². The van der Waals surface area contributed by atoms with Gasteiger partial charge in [0.15, 0.2) is 5.58 Å². The van der Waals surface area contributed by atoms with Crippen molar-refractivity contribution in [1.29, 1.82) is 0 Å². The van der Waals surface area contributed by atoms with Gasteiger partial charge in [0.25, 0.3) is 11.8 Å². The monoisotopic (exact) mass is 554 g/mol. The fraction of sp³-hybridized carbons (Fsp3) is 0.423. The van der Waals surface area contributed by atoms with Crippen LogP contribution in [0.2, 0.25) is 0 Å². The molecule has 39 heavy (non-hydrogen) atoms. The molecule has 0 unspecified atom stereocenters. The number of hydrogen-bond acceptors (Lipinski definition) is 6. The number of likely N-dealkylation sites (tertiary alicyclic amines) is 1. The highest BCUT2D eigenvalue weighted by Gasteiger charge is 2.36. The highest BCUT2D eigenvalue weighted by atomic mass is 19.4. The first-order chi connectivity index (χ1) is 18.1. The Kier molecular flexibility index (Phi) is 7.46. The molecular weight excluding hydrogens is 527 g/mol. The third-order valence-corrected chi connectivity index (χ3v) is 5.84. The summed E-state index contributed by atoms with van der Waals surface area (Å²) in [5, 5.41) is 4.27. The number of ether oxygens (including phenoxy) is 1. The van der Waals surface area contributed by atoms with Gasteiger partial charge in [0.05, 0.1) is 23.5 Å². The maximum atomic E-state index is 13.4. The lowest BCUT2D eigenvalue weighted by molar-refractivity contribution is -0.0999. The summed E-state index contributed by atoms with van der Waals surface area (Å²) in [5.74, 6) is -3.05. The van der Waals surface area contributed by atoms with Gasteiger partial charge in [0.2, 0.25) is 0 Å². The minimum atomic E-state index is -4.76. The van der Waals surface area contributed by atoms with E-state index in [0.717, 1.165) is 0 Å². The Morgan fingerprint density at radius 3 is 2.38 bits per heavy atom. The van der Waals surface area contributed by atoms with Crippen LogP contribution in [-0.4, -0.2) is 52.8 Å². The fourth-order valence-corrected chi connectivity index (χ4v) is 4.07. The van der Waals surface area contributed by atoms with Gasteiger partial charge in [0.1, 0.15) is 11.4 Å². The highest BCUT2D eigenvalue weighted by Crippen LogP contribution is 2.35. The summed E-state index contributed by atoms with van der Waals surface area (Å²) >= 11 is 0. The number of nitrogens with one attached hydrogen (secondary N) is 2. The zero-order valence-electron chi connectivity index (χ0n) is 21.4. The van der Waals surface area contributed by atoms with E-state index in [-0.39, 0.29) is 47.9 Å². The maximum absolute atomic E-state index is 13.4. The van der Waals surface area contributed by atoms with Gasteiger partial charge in [-0.3, -0.25) is 15.1 Å². The number of rotatable bonds is 5. The number of fused-ring (bicyclic) bond motifs is 1. The number of pyridine rings is 1. The van der Waals surface area contributed by atoms with Crippen molar-refractivity contribution in [1.82, 2.24) is 15.2 Å². The minimum absolute atomic E-state index is 0.0780. The first-order valence-electron chi connectivity index (χ1n) is 12.1. The Bertz CT molecular complexity index is 1350. The lowest BCUT2D eigenvalue weighted by Gasteiger charge is -2.31. The molecule has 4 rings (SSSR count). The average molecular weight is 555 g/mol. The molecule has 1 aliphatic rings. The van der Waals surface area contributed by atoms with Gasteiger partial charge < -0.3 is 19.4 Å². The van der Waals surface area contributed by atoms with Crippen molar-refractivity contribution in [3.8, 4) is 11.3 Å². The summed E-state index contributed by atoms with van der Waals surface area (Å²) in [6, 6.07) is 7.18. The molecule has 0 atom stereocenters. The molecule has 1 aromatic carbocycles. The molecule has 3 heterocycles. The molecule has 3 aromatic rings. The van der Waals surface area contributed by atoms with Crippen LogP contribution in [0.1, 0.15) is 49.7 Å². The smallest absolute Gasteiger partial charge is 0.457 e. The number of benzene rings is 1. The van der Waals surface area contributed by atoms with Crippen molar-refractivity contribution in [2.75, 3.05) is 18.4 Å². The largest absolute Gasteiger partial charge is 0.482 e. The number of hydrogen-bond donors (Lipinski definition) is 2. The number of furan rings is 1. The van der Waals surface area contributed by atoms with Crippen molar-refractivity contribution in [3.63, 3.8) is 0 Å². The van der Waals surface area contributed by atoms with E-state index in [1.54, 1.807) is 26.8 Å². The third kappa shape index (κ3) is 7.36. The van der Waals surface area contributed by atoms with Crippen molar-refractivity contribution < 1.29 is 40.7 Å². The van der Waals surface area contributed by atoms with Crippen molar-refractivity contribution in [2.24, 2.45) is 0 Å². The molecule has 1 saturated heterocycles. The quantitative estimate of drug-likeness (QED) is 0.283. The molecule has 1 aliphatic heterocycles. The molecule has 2 N–H and O–H groups in total. The number of amides is 2. The van der Waals surface area contributed by atoms with Crippen LogP contribution in [0, 0.1) is 0 Å². The summed E-state index contributed by atoms with van der Waals surface area (Å²) in [7, 11) is 0. The third-order valence-electron chi connectivity index (χ3n) is 5.84. The number of nitrogens with zero attached hydrogens (tertiary/aromatic N) is 2. The summed E-state index contributed by atoms with van der Waals surface area (Å²) in [5.41, 5.74) is -0.415. The second kappa shape index (κ2) is 10.3.